The lowest BCUT2D eigenvalue weighted by Crippen LogP contribution is -3.00. The van der Waals surface area contributed by atoms with E-state index < -0.39 is 0 Å². The van der Waals surface area contributed by atoms with Crippen LogP contribution in [0.25, 0.3) is 0 Å². The normalized spacial score (nSPS) is 17.5. The molecule has 0 aromatic heterocycles. The molecule has 1 N–H and O–H groups in total. The van der Waals surface area contributed by atoms with Gasteiger partial charge in [-0.2, -0.15) is 4.58 Å². The fourth-order valence-electron chi connectivity index (χ4n) is 6.19. The lowest BCUT2D eigenvalue weighted by atomic mass is 9.81. The summed E-state index contributed by atoms with van der Waals surface area (Å²) in [6, 6.07) is 17.3. The van der Waals surface area contributed by atoms with Gasteiger partial charge in [-0.05, 0) is 31.6 Å². The van der Waals surface area contributed by atoms with Crippen LogP contribution in [0.5, 0.6) is 0 Å². The molecule has 0 aliphatic carbocycles. The Morgan fingerprint density at radius 3 is 2.07 bits per heavy atom. The summed E-state index contributed by atoms with van der Waals surface area (Å²) in [5.41, 5.74) is 7.39. The van der Waals surface area contributed by atoms with E-state index in [2.05, 4.69) is 116 Å². The second kappa shape index (κ2) is 17.8. The number of rotatable bonds is 18. The largest absolute Gasteiger partial charge is 1.00 e. The molecule has 0 unspecified atom stereocenters. The topological polar surface area (TPSA) is 63.4 Å². The summed E-state index contributed by atoms with van der Waals surface area (Å²) in [4.78, 5) is 2.38. The Morgan fingerprint density at radius 2 is 1.38 bits per heavy atom. The van der Waals surface area contributed by atoms with Crippen LogP contribution < -0.4 is 17.3 Å². The minimum Gasteiger partial charge on any atom is -1.00 e. The van der Waals surface area contributed by atoms with Crippen molar-refractivity contribution in [3.05, 3.63) is 95.7 Å². The van der Waals surface area contributed by atoms with Crippen molar-refractivity contribution in [2.45, 2.75) is 44.9 Å². The first kappa shape index (κ1) is 36.7. The van der Waals surface area contributed by atoms with Crippen molar-refractivity contribution in [2.24, 2.45) is 0 Å². The molecule has 246 valence electrons. The Morgan fingerprint density at radius 1 is 0.756 bits per heavy atom. The van der Waals surface area contributed by atoms with Gasteiger partial charge < -0.3 is 41.4 Å². The average molecular weight is 639 g/mol. The molecule has 2 aliphatic rings. The van der Waals surface area contributed by atoms with Crippen LogP contribution in [0.4, 0.5) is 11.4 Å². The predicted molar refractivity (Wildman–Crippen MR) is 178 cm³/mol. The van der Waals surface area contributed by atoms with Crippen molar-refractivity contribution in [2.75, 3.05) is 78.0 Å². The highest BCUT2D eigenvalue weighted by Crippen LogP contribution is 2.47. The maximum Gasteiger partial charge on any atom is 0.209 e. The summed E-state index contributed by atoms with van der Waals surface area (Å²) in [5, 5.41) is 9.52. The Labute approximate surface area is 276 Å². The van der Waals surface area contributed by atoms with E-state index in [1.54, 1.807) is 7.11 Å². The van der Waals surface area contributed by atoms with Crippen LogP contribution in [-0.4, -0.2) is 88.4 Å². The number of ether oxygens (including phenoxy) is 4. The van der Waals surface area contributed by atoms with Crippen LogP contribution in [-0.2, 0) is 29.8 Å². The van der Waals surface area contributed by atoms with Crippen molar-refractivity contribution in [3.8, 4) is 0 Å². The molecule has 7 nitrogen and oxygen atoms in total. The number of nitrogens with zero attached hydrogens (tertiary/aromatic N) is 2. The van der Waals surface area contributed by atoms with Crippen molar-refractivity contribution >= 4 is 17.1 Å². The zero-order valence-corrected chi connectivity index (χ0v) is 28.4. The van der Waals surface area contributed by atoms with Crippen molar-refractivity contribution in [3.63, 3.8) is 0 Å². The predicted octanol–water partition coefficient (Wildman–Crippen LogP) is 2.94. The minimum absolute atomic E-state index is 0. The van der Waals surface area contributed by atoms with E-state index in [4.69, 9.17) is 18.9 Å². The molecule has 0 spiro atoms. The third-order valence-electron chi connectivity index (χ3n) is 8.50. The molecule has 2 aliphatic heterocycles. The number of hydrogen-bond acceptors (Lipinski definition) is 6. The van der Waals surface area contributed by atoms with E-state index in [9.17, 15) is 5.11 Å². The summed E-state index contributed by atoms with van der Waals surface area (Å²) < 4.78 is 24.3. The van der Waals surface area contributed by atoms with Gasteiger partial charge in [0.1, 0.15) is 0 Å². The number of benzene rings is 2. The monoisotopic (exact) mass is 638 g/mol. The first-order valence-electron chi connectivity index (χ1n) is 15.8. The molecular formula is C37H51ClN2O5. The van der Waals surface area contributed by atoms with Gasteiger partial charge in [-0.1, -0.05) is 68.5 Å². The molecule has 2 aromatic carbocycles. The second-order valence-electron chi connectivity index (χ2n) is 12.2. The molecule has 4 rings (SSSR count). The van der Waals surface area contributed by atoms with E-state index in [0.29, 0.717) is 46.2 Å². The fraction of sp³-hybridized carbons (Fsp3) is 0.486. The molecule has 0 saturated heterocycles. The van der Waals surface area contributed by atoms with Crippen molar-refractivity contribution in [1.82, 2.24) is 0 Å². The smallest absolute Gasteiger partial charge is 0.209 e. The third-order valence-corrected chi connectivity index (χ3v) is 8.50. The standard InChI is InChI=1S/C37H51N2O5.ClH/c1-36(2)30-14-9-11-16-32(30)38(20-13-22-40)34(36)18-7-6-8-19-35-37(3,4)31-15-10-12-17-33(31)39(35)21-23-42-26-27-44-29-28-43-25-24-41-5;/h6-12,14-19,40H,13,20-29H2,1-5H3;1H/q+1;/p-1. The number of aliphatic hydroxyl groups is 1. The van der Waals surface area contributed by atoms with E-state index >= 15 is 0 Å². The third kappa shape index (κ3) is 8.94. The zero-order chi connectivity index (χ0) is 31.4. The van der Waals surface area contributed by atoms with Gasteiger partial charge in [-0.15, -0.1) is 0 Å². The van der Waals surface area contributed by atoms with E-state index in [1.165, 1.54) is 33.9 Å². The molecule has 2 heterocycles. The highest BCUT2D eigenvalue weighted by Gasteiger charge is 2.43. The van der Waals surface area contributed by atoms with Gasteiger partial charge >= 0.3 is 0 Å². The summed E-state index contributed by atoms with van der Waals surface area (Å²) in [6.07, 6.45) is 11.6. The Kier molecular flexibility index (Phi) is 14.5. The molecule has 0 saturated carbocycles. The molecule has 0 fully saturated rings. The number of hydrogen-bond donors (Lipinski definition) is 1. The second-order valence-corrected chi connectivity index (χ2v) is 12.2. The highest BCUT2D eigenvalue weighted by atomic mass is 35.5. The first-order valence-corrected chi connectivity index (χ1v) is 15.8. The van der Waals surface area contributed by atoms with Crippen molar-refractivity contribution < 1.29 is 41.0 Å². The highest BCUT2D eigenvalue weighted by molar-refractivity contribution is 6.03. The molecule has 0 amide bonds. The number of anilines is 1. The van der Waals surface area contributed by atoms with Gasteiger partial charge in [0.2, 0.25) is 5.69 Å². The molecule has 8 heteroatoms. The van der Waals surface area contributed by atoms with E-state index in [1.807, 2.05) is 0 Å². The van der Waals surface area contributed by atoms with Crippen molar-refractivity contribution in [1.29, 1.82) is 0 Å². The minimum atomic E-state index is -0.124. The van der Waals surface area contributed by atoms with Crippen LogP contribution >= 0.6 is 0 Å². The summed E-state index contributed by atoms with van der Waals surface area (Å²) in [5.74, 6) is 0. The van der Waals surface area contributed by atoms with Gasteiger partial charge in [0.25, 0.3) is 0 Å². The van der Waals surface area contributed by atoms with Crippen LogP contribution in [0.15, 0.2) is 84.6 Å². The van der Waals surface area contributed by atoms with Gasteiger partial charge in [-0.3, -0.25) is 0 Å². The number of allylic oxidation sites excluding steroid dienone is 6. The van der Waals surface area contributed by atoms with E-state index in [-0.39, 0.29) is 29.8 Å². The number of methoxy groups -OCH3 is 1. The van der Waals surface area contributed by atoms with Gasteiger partial charge in [0.15, 0.2) is 12.3 Å². The number of para-hydroxylation sites is 2. The van der Waals surface area contributed by atoms with E-state index in [0.717, 1.165) is 19.5 Å². The lowest BCUT2D eigenvalue weighted by molar-refractivity contribution is -0.438. The Balaban J connectivity index is 0.00000552. The summed E-state index contributed by atoms with van der Waals surface area (Å²) in [7, 11) is 1.67. The lowest BCUT2D eigenvalue weighted by Gasteiger charge is -2.27. The van der Waals surface area contributed by atoms with Crippen LogP contribution in [0.3, 0.4) is 0 Å². The summed E-state index contributed by atoms with van der Waals surface area (Å²) >= 11 is 0. The molecule has 0 bridgehead atoms. The Hall–Kier alpha value is -2.78. The van der Waals surface area contributed by atoms with Crippen LogP contribution in [0, 0.1) is 0 Å². The van der Waals surface area contributed by atoms with Gasteiger partial charge in [0.05, 0.1) is 51.7 Å². The quantitative estimate of drug-likeness (QED) is 0.154. The number of fused-ring (bicyclic) bond motifs is 2. The number of halogens is 1. The Bertz CT molecular complexity index is 1350. The van der Waals surface area contributed by atoms with Gasteiger partial charge in [0, 0.05) is 61.2 Å². The average Bonchev–Trinajstić information content (AvgIpc) is 3.37. The zero-order valence-electron chi connectivity index (χ0n) is 27.6. The molecule has 45 heavy (non-hydrogen) atoms. The maximum atomic E-state index is 9.52. The SMILES string of the molecule is COCCOCCOCCOCCN1\C(=C/C=C/C=C/C2=[N+](CCCO)c3ccccc3C2(C)C)C(C)(C)c2ccccc21.[Cl-]. The molecule has 0 atom stereocenters. The summed E-state index contributed by atoms with van der Waals surface area (Å²) in [6.45, 7) is 14.9. The first-order chi connectivity index (χ1) is 21.3. The molecule has 2 aromatic rings. The fourth-order valence-corrected chi connectivity index (χ4v) is 6.19. The van der Waals surface area contributed by atoms with Crippen LogP contribution in [0.2, 0.25) is 0 Å². The van der Waals surface area contributed by atoms with Crippen LogP contribution in [0.1, 0.15) is 45.2 Å². The van der Waals surface area contributed by atoms with Gasteiger partial charge in [-0.25, -0.2) is 0 Å². The maximum absolute atomic E-state index is 9.52. The number of aliphatic hydroxyl groups excluding tert-OH is 1. The molecular weight excluding hydrogens is 588 g/mol. The molecule has 0 radical (unpaired) electrons.